The van der Waals surface area contributed by atoms with Gasteiger partial charge in [-0.3, -0.25) is 4.79 Å². The van der Waals surface area contributed by atoms with E-state index in [0.717, 1.165) is 25.0 Å². The third kappa shape index (κ3) is 2.44. The first kappa shape index (κ1) is 12.8. The molecule has 98 valence electrons. The zero-order chi connectivity index (χ0) is 13.3. The second-order valence-corrected chi connectivity index (χ2v) is 4.83. The van der Waals surface area contributed by atoms with Crippen LogP contribution in [-0.4, -0.2) is 23.9 Å². The summed E-state index contributed by atoms with van der Waals surface area (Å²) in [6.07, 6.45) is 1.77. The Hall–Kier alpha value is -1.65. The largest absolute Gasteiger partial charge is 0.396 e. The molecule has 0 spiro atoms. The molecule has 0 saturated carbocycles. The second kappa shape index (κ2) is 4.92. The van der Waals surface area contributed by atoms with E-state index in [-0.39, 0.29) is 11.3 Å². The zero-order valence-electron chi connectivity index (χ0n) is 10.2. The van der Waals surface area contributed by atoms with Crippen molar-refractivity contribution in [3.05, 3.63) is 29.3 Å². The highest BCUT2D eigenvalue weighted by Crippen LogP contribution is 2.22. The molecule has 0 aromatic heterocycles. The van der Waals surface area contributed by atoms with Gasteiger partial charge in [0.1, 0.15) is 5.82 Å². The molecule has 0 unspecified atom stereocenters. The summed E-state index contributed by atoms with van der Waals surface area (Å²) >= 11 is 0. The van der Waals surface area contributed by atoms with Crippen molar-refractivity contribution in [1.29, 1.82) is 0 Å². The molecule has 1 amide bonds. The fourth-order valence-electron chi connectivity index (χ4n) is 2.15. The number of carbonyl (C=O) groups excluding carboxylic acids is 1. The molecule has 1 aromatic rings. The van der Waals surface area contributed by atoms with Crippen molar-refractivity contribution in [3.63, 3.8) is 0 Å². The molecule has 1 fully saturated rings. The molecule has 0 bridgehead atoms. The summed E-state index contributed by atoms with van der Waals surface area (Å²) in [4.78, 5) is 13.6. The summed E-state index contributed by atoms with van der Waals surface area (Å²) in [5.41, 5.74) is 4.72. The Bertz CT molecular complexity index is 468. The minimum atomic E-state index is -0.833. The van der Waals surface area contributed by atoms with Gasteiger partial charge < -0.3 is 10.6 Å². The van der Waals surface area contributed by atoms with Crippen LogP contribution in [0.3, 0.4) is 0 Å². The van der Waals surface area contributed by atoms with Gasteiger partial charge in [-0.2, -0.15) is 0 Å². The molecular formula is C13H16F2N2O. The lowest BCUT2D eigenvalue weighted by molar-refractivity contribution is 0.0692. The van der Waals surface area contributed by atoms with E-state index in [4.69, 9.17) is 5.73 Å². The van der Waals surface area contributed by atoms with Crippen LogP contribution in [0.25, 0.3) is 0 Å². The van der Waals surface area contributed by atoms with E-state index in [0.29, 0.717) is 19.0 Å². The molecule has 1 heterocycles. The topological polar surface area (TPSA) is 46.3 Å². The Balaban J connectivity index is 2.23. The van der Waals surface area contributed by atoms with E-state index in [2.05, 4.69) is 6.92 Å². The van der Waals surface area contributed by atoms with Crippen LogP contribution in [0.2, 0.25) is 0 Å². The number of carbonyl (C=O) groups is 1. The molecule has 3 nitrogen and oxygen atoms in total. The van der Waals surface area contributed by atoms with E-state index in [9.17, 15) is 13.6 Å². The van der Waals surface area contributed by atoms with Gasteiger partial charge in [0, 0.05) is 13.1 Å². The van der Waals surface area contributed by atoms with Crippen LogP contribution < -0.4 is 5.73 Å². The van der Waals surface area contributed by atoms with Crippen LogP contribution >= 0.6 is 0 Å². The minimum Gasteiger partial charge on any atom is -0.396 e. The number of halogens is 2. The van der Waals surface area contributed by atoms with Crippen LogP contribution in [0.4, 0.5) is 14.5 Å². The van der Waals surface area contributed by atoms with E-state index in [1.54, 1.807) is 4.90 Å². The van der Waals surface area contributed by atoms with Crippen molar-refractivity contribution in [2.24, 2.45) is 5.92 Å². The predicted octanol–water partition coefficient (Wildman–Crippen LogP) is 2.42. The maximum Gasteiger partial charge on any atom is 0.257 e. The Morgan fingerprint density at radius 1 is 1.33 bits per heavy atom. The van der Waals surface area contributed by atoms with E-state index in [1.165, 1.54) is 0 Å². The Labute approximate surface area is 105 Å². The number of nitrogens with two attached hydrogens (primary N) is 1. The lowest BCUT2D eigenvalue weighted by atomic mass is 9.98. The van der Waals surface area contributed by atoms with Gasteiger partial charge >= 0.3 is 0 Å². The third-order valence-corrected chi connectivity index (χ3v) is 3.37. The predicted molar refractivity (Wildman–Crippen MR) is 65.1 cm³/mol. The van der Waals surface area contributed by atoms with Crippen molar-refractivity contribution in [3.8, 4) is 0 Å². The van der Waals surface area contributed by atoms with E-state index in [1.807, 2.05) is 0 Å². The first-order valence-corrected chi connectivity index (χ1v) is 6.03. The average molecular weight is 254 g/mol. The Morgan fingerprint density at radius 2 is 1.94 bits per heavy atom. The van der Waals surface area contributed by atoms with Gasteiger partial charge in [0.15, 0.2) is 5.82 Å². The first-order valence-electron chi connectivity index (χ1n) is 6.03. The van der Waals surface area contributed by atoms with Crippen molar-refractivity contribution in [2.45, 2.75) is 19.8 Å². The third-order valence-electron chi connectivity index (χ3n) is 3.37. The number of likely N-dealkylation sites (tertiary alicyclic amines) is 1. The fourth-order valence-corrected chi connectivity index (χ4v) is 2.15. The number of nitrogens with zero attached hydrogens (tertiary/aromatic N) is 1. The Kier molecular flexibility index (Phi) is 3.50. The van der Waals surface area contributed by atoms with Crippen LogP contribution in [-0.2, 0) is 0 Å². The number of hydrogen-bond donors (Lipinski definition) is 1. The highest BCUT2D eigenvalue weighted by molar-refractivity contribution is 5.95. The maximum absolute atomic E-state index is 13.7. The molecular weight excluding hydrogens is 238 g/mol. The summed E-state index contributed by atoms with van der Waals surface area (Å²) in [6, 6.07) is 1.79. The number of nitrogen functional groups attached to an aromatic ring is 1. The maximum atomic E-state index is 13.7. The number of piperidine rings is 1. The van der Waals surface area contributed by atoms with E-state index < -0.39 is 17.5 Å². The summed E-state index contributed by atoms with van der Waals surface area (Å²) in [5, 5.41) is 0. The lowest BCUT2D eigenvalue weighted by Gasteiger charge is -2.30. The summed E-state index contributed by atoms with van der Waals surface area (Å²) in [5.74, 6) is -1.44. The quantitative estimate of drug-likeness (QED) is 0.782. The number of hydrogen-bond acceptors (Lipinski definition) is 2. The molecule has 1 saturated heterocycles. The van der Waals surface area contributed by atoms with Gasteiger partial charge in [-0.15, -0.1) is 0 Å². The number of benzene rings is 1. The molecule has 1 aliphatic heterocycles. The molecule has 2 N–H and O–H groups in total. The van der Waals surface area contributed by atoms with Gasteiger partial charge in [-0.05, 0) is 30.9 Å². The monoisotopic (exact) mass is 254 g/mol. The van der Waals surface area contributed by atoms with Gasteiger partial charge in [0.2, 0.25) is 0 Å². The summed E-state index contributed by atoms with van der Waals surface area (Å²) < 4.78 is 26.9. The van der Waals surface area contributed by atoms with Crippen LogP contribution in [0, 0.1) is 17.6 Å². The smallest absolute Gasteiger partial charge is 0.257 e. The highest BCUT2D eigenvalue weighted by Gasteiger charge is 2.24. The molecule has 0 atom stereocenters. The van der Waals surface area contributed by atoms with Crippen molar-refractivity contribution < 1.29 is 13.6 Å². The minimum absolute atomic E-state index is 0.276. The Morgan fingerprint density at radius 3 is 2.56 bits per heavy atom. The van der Waals surface area contributed by atoms with Crippen LogP contribution in [0.1, 0.15) is 30.1 Å². The molecule has 0 radical (unpaired) electrons. The number of amides is 1. The molecule has 18 heavy (non-hydrogen) atoms. The number of rotatable bonds is 1. The average Bonchev–Trinajstić information content (AvgIpc) is 2.34. The van der Waals surface area contributed by atoms with Crippen molar-refractivity contribution in [2.75, 3.05) is 18.8 Å². The summed E-state index contributed by atoms with van der Waals surface area (Å²) in [7, 11) is 0. The van der Waals surface area contributed by atoms with Gasteiger partial charge in [0.05, 0.1) is 11.3 Å². The van der Waals surface area contributed by atoms with Crippen molar-refractivity contribution >= 4 is 11.6 Å². The molecule has 0 aliphatic carbocycles. The van der Waals surface area contributed by atoms with Crippen molar-refractivity contribution in [1.82, 2.24) is 4.90 Å². The standard InChI is InChI=1S/C13H16F2N2O/c1-8-2-4-17(5-3-8)13(18)10-6-9(14)7-11(16)12(10)15/h6-8H,2-5,16H2,1H3. The van der Waals surface area contributed by atoms with Gasteiger partial charge in [-0.1, -0.05) is 6.92 Å². The highest BCUT2D eigenvalue weighted by atomic mass is 19.1. The van der Waals surface area contributed by atoms with Gasteiger partial charge in [0.25, 0.3) is 5.91 Å². The fraction of sp³-hybridized carbons (Fsp3) is 0.462. The van der Waals surface area contributed by atoms with E-state index >= 15 is 0 Å². The van der Waals surface area contributed by atoms with Gasteiger partial charge in [-0.25, -0.2) is 8.78 Å². The zero-order valence-corrected chi connectivity index (χ0v) is 10.2. The van der Waals surface area contributed by atoms with Crippen LogP contribution in [0.15, 0.2) is 12.1 Å². The molecule has 2 rings (SSSR count). The summed E-state index contributed by atoms with van der Waals surface area (Å²) in [6.45, 7) is 3.27. The lowest BCUT2D eigenvalue weighted by Crippen LogP contribution is -2.38. The first-order chi connectivity index (χ1) is 8.49. The van der Waals surface area contributed by atoms with Crippen LogP contribution in [0.5, 0.6) is 0 Å². The normalized spacial score (nSPS) is 16.9. The second-order valence-electron chi connectivity index (χ2n) is 4.83. The molecule has 1 aliphatic rings. The number of anilines is 1. The molecule has 5 heteroatoms. The SMILES string of the molecule is CC1CCN(C(=O)c2cc(F)cc(N)c2F)CC1. The molecule has 1 aromatic carbocycles.